The lowest BCUT2D eigenvalue weighted by Gasteiger charge is -2.04. The molecular weight excluding hydrogens is 258 g/mol. The zero-order chi connectivity index (χ0) is 15.1. The molecule has 0 saturated heterocycles. The van der Waals surface area contributed by atoms with Crippen molar-refractivity contribution in [3.8, 4) is 0 Å². The number of unbranched alkanes of at least 4 members (excludes halogenated alkanes) is 5. The van der Waals surface area contributed by atoms with Crippen molar-refractivity contribution >= 4 is 17.0 Å². The number of benzene rings is 1. The maximum absolute atomic E-state index is 12.5. The number of H-pyrrole nitrogens is 1. The Hall–Kier alpha value is -1.83. The Bertz CT molecular complexity index is 667. The van der Waals surface area contributed by atoms with Crippen LogP contribution in [0, 0.1) is 6.92 Å². The fourth-order valence-corrected chi connectivity index (χ4v) is 2.64. The van der Waals surface area contributed by atoms with Gasteiger partial charge in [-0.3, -0.25) is 4.79 Å². The summed E-state index contributed by atoms with van der Waals surface area (Å²) in [5.74, 6) is 0. The number of hydrogen-bond donors (Lipinski definition) is 1. The van der Waals surface area contributed by atoms with Crippen molar-refractivity contribution in [3.63, 3.8) is 0 Å². The topological polar surface area (TPSA) is 32.9 Å². The molecule has 2 nitrogen and oxygen atoms in total. The van der Waals surface area contributed by atoms with E-state index in [9.17, 15) is 4.79 Å². The number of aromatic nitrogens is 1. The van der Waals surface area contributed by atoms with Crippen molar-refractivity contribution in [1.82, 2.24) is 4.98 Å². The molecule has 2 heteroatoms. The number of fused-ring (bicyclic) bond motifs is 1. The van der Waals surface area contributed by atoms with E-state index in [0.29, 0.717) is 0 Å². The van der Waals surface area contributed by atoms with Crippen molar-refractivity contribution in [2.45, 2.75) is 52.4 Å². The molecule has 0 fully saturated rings. The molecule has 0 bridgehead atoms. The lowest BCUT2D eigenvalue weighted by Crippen LogP contribution is -2.09. The highest BCUT2D eigenvalue weighted by molar-refractivity contribution is 5.81. The first-order valence-electron chi connectivity index (χ1n) is 8.02. The summed E-state index contributed by atoms with van der Waals surface area (Å²) in [6.45, 7) is 4.20. The SMILES string of the molecule is CCCCCCC/C=C/c1c(C)[nH]c2ccccc2c1=O. The van der Waals surface area contributed by atoms with Crippen molar-refractivity contribution in [3.05, 3.63) is 51.8 Å². The second-order valence-electron chi connectivity index (χ2n) is 5.64. The lowest BCUT2D eigenvalue weighted by molar-refractivity contribution is 0.638. The van der Waals surface area contributed by atoms with E-state index in [2.05, 4.69) is 18.0 Å². The fraction of sp³-hybridized carbons (Fsp3) is 0.421. The van der Waals surface area contributed by atoms with Crippen LogP contribution in [0.15, 0.2) is 35.1 Å². The van der Waals surface area contributed by atoms with Crippen LogP contribution in [0.3, 0.4) is 0 Å². The number of aryl methyl sites for hydroxylation is 1. The van der Waals surface area contributed by atoms with E-state index in [1.54, 1.807) is 0 Å². The highest BCUT2D eigenvalue weighted by atomic mass is 16.1. The predicted molar refractivity (Wildman–Crippen MR) is 91.7 cm³/mol. The van der Waals surface area contributed by atoms with Crippen LogP contribution < -0.4 is 5.43 Å². The maximum atomic E-state index is 12.5. The second-order valence-corrected chi connectivity index (χ2v) is 5.64. The zero-order valence-corrected chi connectivity index (χ0v) is 13.1. The molecule has 0 saturated carbocycles. The minimum absolute atomic E-state index is 0.129. The van der Waals surface area contributed by atoms with Crippen molar-refractivity contribution < 1.29 is 0 Å². The molecule has 2 rings (SSSR count). The number of pyridine rings is 1. The molecule has 0 atom stereocenters. The van der Waals surface area contributed by atoms with Gasteiger partial charge in [-0.2, -0.15) is 0 Å². The van der Waals surface area contributed by atoms with E-state index < -0.39 is 0 Å². The van der Waals surface area contributed by atoms with Gasteiger partial charge in [0.15, 0.2) is 5.43 Å². The second kappa shape index (κ2) is 7.82. The summed E-state index contributed by atoms with van der Waals surface area (Å²) in [6, 6.07) is 7.69. The molecule has 0 aliphatic carbocycles. The molecule has 0 aliphatic rings. The molecule has 0 radical (unpaired) electrons. The zero-order valence-electron chi connectivity index (χ0n) is 13.1. The van der Waals surface area contributed by atoms with Crippen molar-refractivity contribution in [2.24, 2.45) is 0 Å². The van der Waals surface area contributed by atoms with Crippen LogP contribution in [0.1, 0.15) is 56.7 Å². The van der Waals surface area contributed by atoms with Crippen molar-refractivity contribution in [1.29, 1.82) is 0 Å². The Labute approximate surface area is 126 Å². The van der Waals surface area contributed by atoms with E-state index in [0.717, 1.165) is 28.6 Å². The normalized spacial score (nSPS) is 11.5. The van der Waals surface area contributed by atoms with Gasteiger partial charge >= 0.3 is 0 Å². The molecule has 0 amide bonds. The van der Waals surface area contributed by atoms with E-state index in [1.807, 2.05) is 37.3 Å². The molecule has 1 aromatic heterocycles. The molecule has 1 N–H and O–H groups in total. The first-order chi connectivity index (χ1) is 10.2. The lowest BCUT2D eigenvalue weighted by atomic mass is 10.1. The third kappa shape index (κ3) is 4.07. The first kappa shape index (κ1) is 15.6. The minimum atomic E-state index is 0.129. The molecule has 0 unspecified atom stereocenters. The Morgan fingerprint density at radius 3 is 2.67 bits per heavy atom. The largest absolute Gasteiger partial charge is 0.358 e. The van der Waals surface area contributed by atoms with Crippen LogP contribution in [0.5, 0.6) is 0 Å². The monoisotopic (exact) mass is 283 g/mol. The average molecular weight is 283 g/mol. The molecular formula is C19H25NO. The Kier molecular flexibility index (Phi) is 5.79. The highest BCUT2D eigenvalue weighted by Gasteiger charge is 2.05. The summed E-state index contributed by atoms with van der Waals surface area (Å²) in [5.41, 5.74) is 2.78. The van der Waals surface area contributed by atoms with Gasteiger partial charge in [0.1, 0.15) is 0 Å². The highest BCUT2D eigenvalue weighted by Crippen LogP contribution is 2.13. The van der Waals surface area contributed by atoms with E-state index in [4.69, 9.17) is 0 Å². The molecule has 1 aromatic carbocycles. The molecule has 112 valence electrons. The first-order valence-corrected chi connectivity index (χ1v) is 8.02. The number of hydrogen-bond acceptors (Lipinski definition) is 1. The number of para-hydroxylation sites is 1. The molecule has 0 spiro atoms. The summed E-state index contributed by atoms with van der Waals surface area (Å²) in [5, 5.41) is 0.769. The quantitative estimate of drug-likeness (QED) is 0.695. The van der Waals surface area contributed by atoms with Crippen LogP contribution in [0.4, 0.5) is 0 Å². The van der Waals surface area contributed by atoms with Gasteiger partial charge in [-0.15, -0.1) is 0 Å². The predicted octanol–water partition coefficient (Wildman–Crippen LogP) is 5.21. The van der Waals surface area contributed by atoms with Crippen LogP contribution in [-0.4, -0.2) is 4.98 Å². The number of allylic oxidation sites excluding steroid dienone is 1. The smallest absolute Gasteiger partial charge is 0.196 e. The molecule has 1 heterocycles. The third-order valence-corrected chi connectivity index (χ3v) is 3.90. The van der Waals surface area contributed by atoms with E-state index >= 15 is 0 Å². The van der Waals surface area contributed by atoms with Gasteiger partial charge in [0.05, 0.1) is 0 Å². The van der Waals surface area contributed by atoms with E-state index in [-0.39, 0.29) is 5.43 Å². The van der Waals surface area contributed by atoms with Gasteiger partial charge in [-0.05, 0) is 31.9 Å². The van der Waals surface area contributed by atoms with Gasteiger partial charge in [0.25, 0.3) is 0 Å². The maximum Gasteiger partial charge on any atom is 0.196 e. The molecule has 2 aromatic rings. The van der Waals surface area contributed by atoms with Crippen LogP contribution in [0.2, 0.25) is 0 Å². The molecule has 21 heavy (non-hydrogen) atoms. The minimum Gasteiger partial charge on any atom is -0.358 e. The van der Waals surface area contributed by atoms with Crippen LogP contribution in [-0.2, 0) is 0 Å². The number of aromatic amines is 1. The summed E-state index contributed by atoms with van der Waals surface area (Å²) >= 11 is 0. The number of rotatable bonds is 7. The Morgan fingerprint density at radius 2 is 1.86 bits per heavy atom. The van der Waals surface area contributed by atoms with Crippen molar-refractivity contribution in [2.75, 3.05) is 0 Å². The Morgan fingerprint density at radius 1 is 1.10 bits per heavy atom. The van der Waals surface area contributed by atoms with Crippen LogP contribution in [0.25, 0.3) is 17.0 Å². The third-order valence-electron chi connectivity index (χ3n) is 3.90. The summed E-state index contributed by atoms with van der Waals surface area (Å²) in [6.07, 6.45) is 11.6. The average Bonchev–Trinajstić information content (AvgIpc) is 2.49. The molecule has 0 aliphatic heterocycles. The summed E-state index contributed by atoms with van der Waals surface area (Å²) < 4.78 is 0. The fourth-order valence-electron chi connectivity index (χ4n) is 2.64. The van der Waals surface area contributed by atoms with Gasteiger partial charge in [-0.1, -0.05) is 56.9 Å². The standard InChI is InChI=1S/C19H25NO/c1-3-4-5-6-7-8-9-12-16-15(2)20-18-14-11-10-13-17(18)19(16)21/h9-14H,3-8H2,1-2H3,(H,20,21)/b12-9+. The van der Waals surface area contributed by atoms with Gasteiger partial charge in [0, 0.05) is 22.2 Å². The van der Waals surface area contributed by atoms with Gasteiger partial charge < -0.3 is 4.98 Å². The van der Waals surface area contributed by atoms with Crippen LogP contribution >= 0.6 is 0 Å². The summed E-state index contributed by atoms with van der Waals surface area (Å²) in [7, 11) is 0. The Balaban J connectivity index is 2.06. The van der Waals surface area contributed by atoms with Gasteiger partial charge in [0.2, 0.25) is 0 Å². The van der Waals surface area contributed by atoms with Gasteiger partial charge in [-0.25, -0.2) is 0 Å². The van der Waals surface area contributed by atoms with E-state index in [1.165, 1.54) is 32.1 Å². The number of nitrogens with one attached hydrogen (secondary N) is 1. The summed E-state index contributed by atoms with van der Waals surface area (Å²) in [4.78, 5) is 15.8.